The van der Waals surface area contributed by atoms with Gasteiger partial charge in [-0.2, -0.15) is 0 Å². The third-order valence-corrected chi connectivity index (χ3v) is 3.41. The van der Waals surface area contributed by atoms with Crippen LogP contribution in [0.1, 0.15) is 9.67 Å². The zero-order chi connectivity index (χ0) is 11.5. The van der Waals surface area contributed by atoms with E-state index in [0.717, 1.165) is 5.56 Å². The van der Waals surface area contributed by atoms with Gasteiger partial charge in [0.2, 0.25) is 0 Å². The van der Waals surface area contributed by atoms with Gasteiger partial charge in [0.25, 0.3) is 0 Å². The highest BCUT2D eigenvalue weighted by Crippen LogP contribution is 2.31. The minimum atomic E-state index is -0.380. The van der Waals surface area contributed by atoms with E-state index in [4.69, 9.17) is 4.74 Å². The van der Waals surface area contributed by atoms with Gasteiger partial charge in [0.15, 0.2) is 3.92 Å². The Kier molecular flexibility index (Phi) is 3.31. The van der Waals surface area contributed by atoms with Gasteiger partial charge in [0, 0.05) is 18.0 Å². The van der Waals surface area contributed by atoms with E-state index in [-0.39, 0.29) is 5.97 Å². The van der Waals surface area contributed by atoms with Gasteiger partial charge >= 0.3 is 5.97 Å². The van der Waals surface area contributed by atoms with Gasteiger partial charge in [-0.3, -0.25) is 4.98 Å². The zero-order valence-electron chi connectivity index (χ0n) is 8.31. The van der Waals surface area contributed by atoms with Crippen molar-refractivity contribution in [1.82, 2.24) is 9.97 Å². The number of aromatic nitrogens is 2. The second-order valence-corrected chi connectivity index (χ2v) is 5.15. The van der Waals surface area contributed by atoms with E-state index < -0.39 is 0 Å². The Morgan fingerprint density at radius 3 is 2.75 bits per heavy atom. The van der Waals surface area contributed by atoms with Crippen LogP contribution in [0.4, 0.5) is 0 Å². The third kappa shape index (κ3) is 2.12. The molecule has 16 heavy (non-hydrogen) atoms. The Balaban J connectivity index is 2.53. The molecule has 0 aromatic carbocycles. The smallest absolute Gasteiger partial charge is 0.350 e. The van der Waals surface area contributed by atoms with Crippen LogP contribution in [0.15, 0.2) is 28.4 Å². The molecule has 0 atom stereocenters. The summed E-state index contributed by atoms with van der Waals surface area (Å²) in [5.41, 5.74) is 1.46. The molecule has 2 rings (SSSR count). The Morgan fingerprint density at radius 2 is 2.12 bits per heavy atom. The molecular weight excluding hydrogens is 292 g/mol. The van der Waals surface area contributed by atoms with Gasteiger partial charge in [-0.15, -0.1) is 0 Å². The van der Waals surface area contributed by atoms with Crippen LogP contribution >= 0.6 is 27.3 Å². The maximum atomic E-state index is 11.5. The Morgan fingerprint density at radius 1 is 1.44 bits per heavy atom. The monoisotopic (exact) mass is 298 g/mol. The lowest BCUT2D eigenvalue weighted by Crippen LogP contribution is -2.00. The summed E-state index contributed by atoms with van der Waals surface area (Å²) < 4.78 is 5.36. The van der Waals surface area contributed by atoms with Crippen molar-refractivity contribution in [3.8, 4) is 11.3 Å². The summed E-state index contributed by atoms with van der Waals surface area (Å²) in [6.07, 6.45) is 3.31. The van der Waals surface area contributed by atoms with Crippen molar-refractivity contribution >= 4 is 33.2 Å². The van der Waals surface area contributed by atoms with Gasteiger partial charge in [-0.05, 0) is 28.1 Å². The van der Waals surface area contributed by atoms with Crippen LogP contribution in [0.5, 0.6) is 0 Å². The number of hydrogen-bond acceptors (Lipinski definition) is 5. The largest absolute Gasteiger partial charge is 0.465 e. The minimum Gasteiger partial charge on any atom is -0.465 e. The number of esters is 1. The maximum absolute atomic E-state index is 11.5. The summed E-state index contributed by atoms with van der Waals surface area (Å²) >= 11 is 4.51. The van der Waals surface area contributed by atoms with Crippen molar-refractivity contribution in [3.05, 3.63) is 33.3 Å². The van der Waals surface area contributed by atoms with E-state index in [2.05, 4.69) is 25.9 Å². The molecule has 0 bridgehead atoms. The molecule has 6 heteroatoms. The Hall–Kier alpha value is -1.27. The molecule has 0 aliphatic heterocycles. The van der Waals surface area contributed by atoms with E-state index in [9.17, 15) is 4.79 Å². The quantitative estimate of drug-likeness (QED) is 0.800. The molecule has 0 N–H and O–H groups in total. The van der Waals surface area contributed by atoms with Crippen LogP contribution in [-0.4, -0.2) is 23.0 Å². The van der Waals surface area contributed by atoms with Crippen molar-refractivity contribution in [3.63, 3.8) is 0 Å². The normalized spacial score (nSPS) is 10.1. The first-order valence-electron chi connectivity index (χ1n) is 4.37. The predicted molar refractivity (Wildman–Crippen MR) is 64.4 cm³/mol. The Bertz CT molecular complexity index is 513. The average Bonchev–Trinajstić information content (AvgIpc) is 2.71. The van der Waals surface area contributed by atoms with Crippen LogP contribution in [0.3, 0.4) is 0 Å². The topological polar surface area (TPSA) is 52.1 Å². The van der Waals surface area contributed by atoms with E-state index >= 15 is 0 Å². The molecule has 2 aromatic heterocycles. The molecule has 0 unspecified atom stereocenters. The van der Waals surface area contributed by atoms with Crippen molar-refractivity contribution in [2.45, 2.75) is 0 Å². The molecule has 4 nitrogen and oxygen atoms in total. The maximum Gasteiger partial charge on any atom is 0.350 e. The van der Waals surface area contributed by atoms with Crippen LogP contribution in [0.25, 0.3) is 11.3 Å². The first kappa shape index (κ1) is 11.2. The number of methoxy groups -OCH3 is 1. The molecule has 0 spiro atoms. The number of halogens is 1. The molecule has 2 aromatic rings. The van der Waals surface area contributed by atoms with Crippen LogP contribution in [0.2, 0.25) is 0 Å². The highest BCUT2D eigenvalue weighted by Gasteiger charge is 2.18. The number of pyridine rings is 1. The number of carbonyl (C=O) groups is 1. The molecule has 0 amide bonds. The number of hydrogen-bond donors (Lipinski definition) is 0. The minimum absolute atomic E-state index is 0.380. The lowest BCUT2D eigenvalue weighted by atomic mass is 10.2. The molecular formula is C10H7BrN2O2S. The van der Waals surface area contributed by atoms with E-state index in [0.29, 0.717) is 14.5 Å². The molecule has 0 aliphatic carbocycles. The molecule has 0 saturated carbocycles. The first-order chi connectivity index (χ1) is 7.72. The highest BCUT2D eigenvalue weighted by atomic mass is 79.9. The SMILES string of the molecule is COC(=O)c1sc(Br)nc1-c1ccncc1. The highest BCUT2D eigenvalue weighted by molar-refractivity contribution is 9.11. The van der Waals surface area contributed by atoms with E-state index in [1.54, 1.807) is 24.5 Å². The van der Waals surface area contributed by atoms with Crippen LogP contribution < -0.4 is 0 Å². The molecule has 82 valence electrons. The van der Waals surface area contributed by atoms with Crippen molar-refractivity contribution < 1.29 is 9.53 Å². The number of nitrogens with zero attached hydrogens (tertiary/aromatic N) is 2. The van der Waals surface area contributed by atoms with Gasteiger partial charge in [-0.25, -0.2) is 9.78 Å². The van der Waals surface area contributed by atoms with E-state index in [1.807, 2.05) is 0 Å². The van der Waals surface area contributed by atoms with E-state index in [1.165, 1.54) is 18.4 Å². The number of thiazole rings is 1. The first-order valence-corrected chi connectivity index (χ1v) is 5.98. The van der Waals surface area contributed by atoms with Crippen molar-refractivity contribution in [2.24, 2.45) is 0 Å². The van der Waals surface area contributed by atoms with Crippen LogP contribution in [-0.2, 0) is 4.74 Å². The fraction of sp³-hybridized carbons (Fsp3) is 0.100. The van der Waals surface area contributed by atoms with Crippen molar-refractivity contribution in [2.75, 3.05) is 7.11 Å². The van der Waals surface area contributed by atoms with Crippen LogP contribution in [0, 0.1) is 0 Å². The number of ether oxygens (including phenoxy) is 1. The van der Waals surface area contributed by atoms with Crippen molar-refractivity contribution in [1.29, 1.82) is 0 Å². The molecule has 0 radical (unpaired) electrons. The Labute approximate surface area is 104 Å². The predicted octanol–water partition coefficient (Wildman–Crippen LogP) is 2.75. The van der Waals surface area contributed by atoms with Gasteiger partial charge in [0.1, 0.15) is 4.88 Å². The second-order valence-electron chi connectivity index (χ2n) is 2.87. The lowest BCUT2D eigenvalue weighted by Gasteiger charge is -1.99. The lowest BCUT2D eigenvalue weighted by molar-refractivity contribution is 0.0607. The summed E-state index contributed by atoms with van der Waals surface area (Å²) in [6.45, 7) is 0. The second kappa shape index (κ2) is 4.71. The molecule has 0 aliphatic rings. The zero-order valence-corrected chi connectivity index (χ0v) is 10.7. The third-order valence-electron chi connectivity index (χ3n) is 1.93. The van der Waals surface area contributed by atoms with Gasteiger partial charge < -0.3 is 4.74 Å². The summed E-state index contributed by atoms with van der Waals surface area (Å²) in [5, 5.41) is 0. The molecule has 0 saturated heterocycles. The molecule has 0 fully saturated rings. The standard InChI is InChI=1S/C10H7BrN2O2S/c1-15-9(14)8-7(13-10(11)16-8)6-2-4-12-5-3-6/h2-5H,1H3. The number of rotatable bonds is 2. The summed E-state index contributed by atoms with van der Waals surface area (Å²) in [7, 11) is 1.35. The van der Waals surface area contributed by atoms with Gasteiger partial charge in [0.05, 0.1) is 12.8 Å². The number of carbonyl (C=O) groups excluding carboxylic acids is 1. The molecule has 2 heterocycles. The summed E-state index contributed by atoms with van der Waals surface area (Å²) in [5.74, 6) is -0.380. The average molecular weight is 299 g/mol. The fourth-order valence-electron chi connectivity index (χ4n) is 1.23. The summed E-state index contributed by atoms with van der Waals surface area (Å²) in [4.78, 5) is 20.2. The summed E-state index contributed by atoms with van der Waals surface area (Å²) in [6, 6.07) is 3.60. The fourth-order valence-corrected chi connectivity index (χ4v) is 2.63. The van der Waals surface area contributed by atoms with Gasteiger partial charge in [-0.1, -0.05) is 11.3 Å².